The van der Waals surface area contributed by atoms with Crippen molar-refractivity contribution >= 4 is 11.8 Å². The van der Waals surface area contributed by atoms with E-state index >= 15 is 0 Å². The van der Waals surface area contributed by atoms with Gasteiger partial charge in [0.2, 0.25) is 0 Å². The molecule has 0 aromatic rings. The Bertz CT molecular complexity index is 1130. The monoisotopic (exact) mass is 511 g/mol. The van der Waals surface area contributed by atoms with Crippen LogP contribution in [-0.2, 0) is 19.1 Å². The van der Waals surface area contributed by atoms with Crippen LogP contribution in [0.1, 0.15) is 66.2 Å². The number of carbonyl (C=O) groups excluding carboxylic acids is 2. The van der Waals surface area contributed by atoms with Crippen molar-refractivity contribution in [1.82, 2.24) is 4.90 Å². The third-order valence-corrected chi connectivity index (χ3v) is 12.5. The van der Waals surface area contributed by atoms with Gasteiger partial charge in [0.25, 0.3) is 0 Å². The van der Waals surface area contributed by atoms with Crippen molar-refractivity contribution in [1.29, 1.82) is 0 Å². The molecule has 4 aliphatic carbocycles. The molecule has 2 saturated heterocycles. The third-order valence-electron chi connectivity index (χ3n) is 12.5. The number of nitrogens with zero attached hydrogens (tertiary/aromatic N) is 1. The SMILES string of the molecule is CC1=C(CO)C(=O)O[C@@H]([C@@H](C)[C@H]2CC[C@H]3[C@@H]4C[C@H]5O[C@]56[C@@H](O)C(N5CC5)=CC(=O)C6(C)[C@H]4CC[C@]23C)C1. The van der Waals surface area contributed by atoms with E-state index in [4.69, 9.17) is 9.47 Å². The summed E-state index contributed by atoms with van der Waals surface area (Å²) in [5.74, 6) is 1.60. The van der Waals surface area contributed by atoms with Crippen molar-refractivity contribution in [2.75, 3.05) is 19.7 Å². The summed E-state index contributed by atoms with van der Waals surface area (Å²) < 4.78 is 12.3. The molecule has 0 bridgehead atoms. The number of aliphatic hydroxyl groups excluding tert-OH is 2. The predicted molar refractivity (Wildman–Crippen MR) is 135 cm³/mol. The van der Waals surface area contributed by atoms with Gasteiger partial charge in [-0.05, 0) is 81.0 Å². The summed E-state index contributed by atoms with van der Waals surface area (Å²) in [6, 6.07) is 0. The Morgan fingerprint density at radius 3 is 2.59 bits per heavy atom. The van der Waals surface area contributed by atoms with Gasteiger partial charge in [-0.25, -0.2) is 4.79 Å². The van der Waals surface area contributed by atoms with Crippen LogP contribution in [0.25, 0.3) is 0 Å². The van der Waals surface area contributed by atoms with Gasteiger partial charge in [0, 0.05) is 31.3 Å². The zero-order valence-corrected chi connectivity index (χ0v) is 22.5. The number of fused-ring (bicyclic) bond motifs is 4. The molecule has 2 N–H and O–H groups in total. The summed E-state index contributed by atoms with van der Waals surface area (Å²) in [6.45, 7) is 10.3. The van der Waals surface area contributed by atoms with E-state index in [1.165, 1.54) is 0 Å². The molecule has 11 atom stereocenters. The second-order valence-corrected chi connectivity index (χ2v) is 13.7. The van der Waals surface area contributed by atoms with Gasteiger partial charge in [-0.1, -0.05) is 19.4 Å². The molecule has 0 amide bonds. The number of hydrogen-bond acceptors (Lipinski definition) is 7. The van der Waals surface area contributed by atoms with E-state index in [-0.39, 0.29) is 47.8 Å². The minimum Gasteiger partial charge on any atom is -0.458 e. The lowest BCUT2D eigenvalue weighted by Gasteiger charge is -2.58. The van der Waals surface area contributed by atoms with Gasteiger partial charge in [-0.15, -0.1) is 0 Å². The van der Waals surface area contributed by atoms with Crippen LogP contribution in [0.4, 0.5) is 0 Å². The zero-order valence-electron chi connectivity index (χ0n) is 22.5. The molecule has 7 heteroatoms. The van der Waals surface area contributed by atoms with E-state index in [9.17, 15) is 19.8 Å². The first-order chi connectivity index (χ1) is 17.6. The Morgan fingerprint density at radius 2 is 1.92 bits per heavy atom. The summed E-state index contributed by atoms with van der Waals surface area (Å²) in [4.78, 5) is 28.5. The zero-order chi connectivity index (χ0) is 26.1. The highest BCUT2D eigenvalue weighted by Crippen LogP contribution is 2.73. The number of ketones is 1. The lowest BCUT2D eigenvalue weighted by Crippen LogP contribution is -2.65. The summed E-state index contributed by atoms with van der Waals surface area (Å²) in [7, 11) is 0. The number of ether oxygens (including phenoxy) is 2. The summed E-state index contributed by atoms with van der Waals surface area (Å²) in [6.07, 6.45) is 6.71. The third kappa shape index (κ3) is 2.94. The number of rotatable bonds is 4. The normalized spacial score (nSPS) is 50.9. The molecule has 1 spiro atoms. The van der Waals surface area contributed by atoms with E-state index in [0.717, 1.165) is 56.5 Å². The topological polar surface area (TPSA) is 99.4 Å². The van der Waals surface area contributed by atoms with Crippen molar-refractivity contribution in [3.05, 3.63) is 22.9 Å². The fourth-order valence-corrected chi connectivity index (χ4v) is 10.3. The molecule has 0 aromatic carbocycles. The second-order valence-electron chi connectivity index (χ2n) is 13.7. The molecule has 5 fully saturated rings. The van der Waals surface area contributed by atoms with Crippen molar-refractivity contribution < 1.29 is 29.3 Å². The minimum absolute atomic E-state index is 0.0517. The average Bonchev–Trinajstić information content (AvgIpc) is 3.77. The molecule has 0 radical (unpaired) electrons. The van der Waals surface area contributed by atoms with Crippen molar-refractivity contribution in [3.63, 3.8) is 0 Å². The maximum Gasteiger partial charge on any atom is 0.336 e. The standard InChI is InChI=1S/C30H41NO6/c1-15-11-23(36-27(35)18(15)14-32)16(2)19-5-6-20-17-12-25-30(37-25)26(34)22(31-9-10-31)13-24(33)29(30,4)21(17)7-8-28(19,20)3/h13,16-17,19-21,23,25-26,32,34H,5-12,14H2,1-4H3/t16-,17-,19+,20-,21-,23+,25+,26-,28+,29?,30-/m0/s1. The highest BCUT2D eigenvalue weighted by Gasteiger charge is 2.81. The molecular formula is C30H41NO6. The highest BCUT2D eigenvalue weighted by atomic mass is 16.6. The van der Waals surface area contributed by atoms with Crippen molar-refractivity contribution in [2.45, 2.75) is 90.1 Å². The van der Waals surface area contributed by atoms with Gasteiger partial charge in [0.15, 0.2) is 5.78 Å². The van der Waals surface area contributed by atoms with Crippen LogP contribution >= 0.6 is 0 Å². The van der Waals surface area contributed by atoms with Gasteiger partial charge in [-0.3, -0.25) is 4.79 Å². The molecule has 1 unspecified atom stereocenters. The van der Waals surface area contributed by atoms with E-state index in [0.29, 0.717) is 29.7 Å². The van der Waals surface area contributed by atoms with Gasteiger partial charge in [0.05, 0.1) is 23.7 Å². The number of hydrogen-bond donors (Lipinski definition) is 2. The molecule has 3 aliphatic heterocycles. The lowest BCUT2D eigenvalue weighted by molar-refractivity contribution is -0.156. The number of carbonyl (C=O) groups is 2. The van der Waals surface area contributed by atoms with E-state index in [2.05, 4.69) is 25.7 Å². The molecule has 202 valence electrons. The number of cyclic esters (lactones) is 1. The van der Waals surface area contributed by atoms with Crippen LogP contribution in [0, 0.1) is 40.4 Å². The lowest BCUT2D eigenvalue weighted by atomic mass is 9.44. The maximum absolute atomic E-state index is 13.8. The predicted octanol–water partition coefficient (Wildman–Crippen LogP) is 3.00. The van der Waals surface area contributed by atoms with Crippen LogP contribution in [0.5, 0.6) is 0 Å². The van der Waals surface area contributed by atoms with E-state index < -0.39 is 17.1 Å². The average molecular weight is 512 g/mol. The molecule has 7 nitrogen and oxygen atoms in total. The molecule has 37 heavy (non-hydrogen) atoms. The van der Waals surface area contributed by atoms with Crippen LogP contribution < -0.4 is 0 Å². The first kappa shape index (κ1) is 24.3. The molecule has 3 saturated carbocycles. The summed E-state index contributed by atoms with van der Waals surface area (Å²) in [5, 5.41) is 21.0. The fourth-order valence-electron chi connectivity index (χ4n) is 10.3. The van der Waals surface area contributed by atoms with Crippen LogP contribution in [-0.4, -0.2) is 70.5 Å². The van der Waals surface area contributed by atoms with Gasteiger partial charge in [-0.2, -0.15) is 0 Å². The Labute approximate surface area is 219 Å². The summed E-state index contributed by atoms with van der Waals surface area (Å²) in [5.41, 5.74) is 0.843. The molecular weight excluding hydrogens is 470 g/mol. The Kier molecular flexibility index (Phi) is 5.06. The number of aliphatic hydroxyl groups is 2. The van der Waals surface area contributed by atoms with Crippen LogP contribution in [0.3, 0.4) is 0 Å². The Morgan fingerprint density at radius 1 is 1.16 bits per heavy atom. The quantitative estimate of drug-likeness (QED) is 0.442. The summed E-state index contributed by atoms with van der Waals surface area (Å²) >= 11 is 0. The van der Waals surface area contributed by atoms with Gasteiger partial charge >= 0.3 is 5.97 Å². The largest absolute Gasteiger partial charge is 0.458 e. The molecule has 0 aromatic heterocycles. The Hall–Kier alpha value is -1.70. The molecule has 7 rings (SSSR count). The molecule has 3 heterocycles. The Balaban J connectivity index is 1.16. The van der Waals surface area contributed by atoms with Crippen LogP contribution in [0.15, 0.2) is 22.9 Å². The van der Waals surface area contributed by atoms with Crippen molar-refractivity contribution in [3.8, 4) is 0 Å². The highest BCUT2D eigenvalue weighted by molar-refractivity contribution is 5.99. The van der Waals surface area contributed by atoms with Crippen molar-refractivity contribution in [2.24, 2.45) is 40.4 Å². The maximum atomic E-state index is 13.8. The number of esters is 1. The second kappa shape index (κ2) is 7.70. The first-order valence-electron chi connectivity index (χ1n) is 14.4. The van der Waals surface area contributed by atoms with Gasteiger partial charge < -0.3 is 24.6 Å². The van der Waals surface area contributed by atoms with E-state index in [1.807, 2.05) is 6.92 Å². The van der Waals surface area contributed by atoms with E-state index in [1.54, 1.807) is 6.08 Å². The van der Waals surface area contributed by atoms with Crippen LogP contribution in [0.2, 0.25) is 0 Å². The smallest absolute Gasteiger partial charge is 0.336 e. The van der Waals surface area contributed by atoms with Gasteiger partial charge in [0.1, 0.15) is 17.8 Å². The number of allylic oxidation sites excluding steroid dienone is 1. The minimum atomic E-state index is -0.748. The fraction of sp³-hybridized carbons (Fsp3) is 0.800. The molecule has 7 aliphatic rings. The first-order valence-corrected chi connectivity index (χ1v) is 14.4. The number of epoxide rings is 1.